The van der Waals surface area contributed by atoms with Gasteiger partial charge in [0.25, 0.3) is 0 Å². The highest BCUT2D eigenvalue weighted by atomic mass is 35.7. The van der Waals surface area contributed by atoms with E-state index in [1.165, 1.54) is 44.7 Å². The van der Waals surface area contributed by atoms with Crippen LogP contribution >= 0.6 is 25.9 Å². The topological polar surface area (TPSA) is 331 Å². The van der Waals surface area contributed by atoms with Gasteiger partial charge in [-0.2, -0.15) is 9.97 Å². The van der Waals surface area contributed by atoms with Crippen LogP contribution in [-0.4, -0.2) is 144 Å². The van der Waals surface area contributed by atoms with Crippen molar-refractivity contribution in [1.29, 1.82) is 0 Å². The minimum Gasteiger partial charge on any atom is -0.422 e. The molecular weight excluding hydrogens is 1040 g/mol. The third-order valence-corrected chi connectivity index (χ3v) is 14.1. The maximum absolute atomic E-state index is 15.5. The number of Topliss-reactive ketones (excluding diaryl/α,β-unsaturated/α-hetero) is 2. The quantitative estimate of drug-likeness (QED) is 0.0377. The lowest BCUT2D eigenvalue weighted by Gasteiger charge is -2.27. The van der Waals surface area contributed by atoms with E-state index in [9.17, 15) is 42.9 Å². The minimum absolute atomic E-state index is 0.0551. The number of anilines is 1. The van der Waals surface area contributed by atoms with Crippen molar-refractivity contribution in [3.05, 3.63) is 106 Å². The number of aliphatic hydroxyl groups is 4. The summed E-state index contributed by atoms with van der Waals surface area (Å²) in [5, 5.41) is 43.1. The van der Waals surface area contributed by atoms with Crippen molar-refractivity contribution >= 4 is 55.4 Å². The lowest BCUT2D eigenvalue weighted by Crippen LogP contribution is -2.43. The first-order chi connectivity index (χ1) is 34.5. The number of hydrogen-bond acceptors (Lipinski definition) is 19. The summed E-state index contributed by atoms with van der Waals surface area (Å²) >= 11 is 5.66. The van der Waals surface area contributed by atoms with Crippen molar-refractivity contribution in [2.75, 3.05) is 39.6 Å². The molecular formula is C45H62ClF2N9O15P2. The molecule has 2 aromatic heterocycles. The smallest absolute Gasteiger partial charge is 0.422 e. The number of benzene rings is 2. The molecule has 4 heterocycles. The first kappa shape index (κ1) is 61.2. The largest absolute Gasteiger partial charge is 0.459 e. The number of nitrogens with zero attached hydrogens (tertiary/aromatic N) is 6. The highest BCUT2D eigenvalue weighted by Crippen LogP contribution is 2.49. The molecule has 2 unspecified atom stereocenters. The molecule has 2 aliphatic heterocycles. The molecule has 24 nitrogen and oxygen atoms in total. The molecule has 29 heteroatoms. The molecule has 0 amide bonds. The van der Waals surface area contributed by atoms with Crippen LogP contribution in [0.2, 0.25) is 0 Å². The summed E-state index contributed by atoms with van der Waals surface area (Å²) in [5.74, 6) is -0.391. The molecule has 2 saturated heterocycles. The van der Waals surface area contributed by atoms with E-state index in [-0.39, 0.29) is 29.1 Å². The van der Waals surface area contributed by atoms with E-state index in [2.05, 4.69) is 25.1 Å². The maximum atomic E-state index is 15.5. The number of ether oxygens (including phenoxy) is 2. The number of rotatable bonds is 20. The van der Waals surface area contributed by atoms with Gasteiger partial charge in [0.2, 0.25) is 0 Å². The molecule has 2 fully saturated rings. The number of carbonyl (C=O) groups is 2. The van der Waals surface area contributed by atoms with E-state index in [4.69, 9.17) is 50.2 Å². The molecule has 0 aliphatic carbocycles. The Kier molecular flexibility index (Phi) is 21.9. The average molecular weight is 1100 g/mol. The second-order valence-electron chi connectivity index (χ2n) is 17.7. The summed E-state index contributed by atoms with van der Waals surface area (Å²) in [6.07, 6.45) is -4.66. The minimum atomic E-state index is -4.22. The number of nitrogen functional groups attached to an aromatic ring is 1. The van der Waals surface area contributed by atoms with Crippen LogP contribution in [0.25, 0.3) is 0 Å². The van der Waals surface area contributed by atoms with Gasteiger partial charge < -0.3 is 49.6 Å². The van der Waals surface area contributed by atoms with Crippen LogP contribution in [0.5, 0.6) is 11.5 Å². The highest BCUT2D eigenvalue weighted by Gasteiger charge is 2.57. The Morgan fingerprint density at radius 1 is 0.865 bits per heavy atom. The predicted molar refractivity (Wildman–Crippen MR) is 267 cm³/mol. The third-order valence-electron chi connectivity index (χ3n) is 10.9. The summed E-state index contributed by atoms with van der Waals surface area (Å²) in [7, 11) is -0.684. The number of aliphatic hydroxyl groups excluding tert-OH is 4. The first-order valence-corrected chi connectivity index (χ1v) is 26.7. The van der Waals surface area contributed by atoms with Crippen molar-refractivity contribution in [3.8, 4) is 11.5 Å². The van der Waals surface area contributed by atoms with Gasteiger partial charge in [-0.1, -0.05) is 50.2 Å². The molecule has 0 spiro atoms. The molecule has 74 heavy (non-hydrogen) atoms. The normalized spacial score (nSPS) is 25.8. The maximum Gasteiger partial charge on any atom is 0.459 e. The zero-order valence-electron chi connectivity index (χ0n) is 41.5. The number of carbonyl (C=O) groups excluding carboxylic acids is 2. The standard InChI is InChI=1S/C22H30FN4O7P.C13H19FN4O4.C10H13ClNO4P/c1-13(2)18(14(3)28)26-35(31,34-15-8-6-5-7-9-15)32-12-16-19(29)22(4,23)20(33-16)27-11-10-17(24)25-21(27)30;1-13(14)10(20)8(6-19)22-11(13)18-5-4-9(16-12(18)21)15-7-17(2)3;1-8(10(14)7-13)12-17(11,15)16-9-5-3-2-4-6-9/h5-11,13,16,18-20,29H,12H2,1-4H3,(H,26,31)(H2,24,25,30);4-5,7-8,10-11,19-20H,6H2,1-3H3;2-6,8,13H,7H2,1H3,(H,12,15)/t16-,18+,19-,20-,22-,35?;8-,10-,11-,13-;8-,17?/m110/s1. The van der Waals surface area contributed by atoms with E-state index in [0.29, 0.717) is 5.75 Å². The number of nitrogens with one attached hydrogen (secondary N) is 2. The van der Waals surface area contributed by atoms with E-state index >= 15 is 4.39 Å². The Labute approximate surface area is 429 Å². The number of aromatic nitrogens is 4. The van der Waals surface area contributed by atoms with Crippen LogP contribution in [0.1, 0.15) is 54.0 Å². The molecule has 0 saturated carbocycles. The lowest BCUT2D eigenvalue weighted by molar-refractivity contribution is -0.123. The Bertz CT molecular complexity index is 2750. The summed E-state index contributed by atoms with van der Waals surface area (Å²) in [5.41, 5.74) is -0.791. The summed E-state index contributed by atoms with van der Waals surface area (Å²) < 4.78 is 84.4. The summed E-state index contributed by atoms with van der Waals surface area (Å²) in [6.45, 7) is 3.06. The fourth-order valence-corrected chi connectivity index (χ4v) is 10.5. The average Bonchev–Trinajstić information content (AvgIpc) is 3.70. The zero-order valence-corrected chi connectivity index (χ0v) is 44.1. The Balaban J connectivity index is 0.000000260. The fraction of sp³-hybridized carbons (Fsp3) is 0.489. The summed E-state index contributed by atoms with van der Waals surface area (Å²) in [6, 6.07) is 17.5. The molecule has 8 N–H and O–H groups in total. The van der Waals surface area contributed by atoms with E-state index in [1.54, 1.807) is 93.5 Å². The van der Waals surface area contributed by atoms with Gasteiger partial charge in [0.15, 0.2) is 35.4 Å². The number of aliphatic imine (C=N–C) groups is 1. The molecule has 2 aromatic carbocycles. The van der Waals surface area contributed by atoms with Crippen LogP contribution in [0, 0.1) is 5.92 Å². The van der Waals surface area contributed by atoms with Crippen molar-refractivity contribution in [2.24, 2.45) is 10.9 Å². The van der Waals surface area contributed by atoms with Gasteiger partial charge in [0.1, 0.15) is 54.1 Å². The Morgan fingerprint density at radius 2 is 1.36 bits per heavy atom. The molecule has 12 atom stereocenters. The van der Waals surface area contributed by atoms with E-state index < -0.39 is 112 Å². The summed E-state index contributed by atoms with van der Waals surface area (Å²) in [4.78, 5) is 60.4. The van der Waals surface area contributed by atoms with Crippen molar-refractivity contribution < 1.29 is 71.0 Å². The van der Waals surface area contributed by atoms with E-state index in [1.807, 2.05) is 0 Å². The van der Waals surface area contributed by atoms with Gasteiger partial charge in [-0.05, 0) is 70.0 Å². The molecule has 408 valence electrons. The number of nitrogens with two attached hydrogens (primary N) is 1. The molecule has 0 bridgehead atoms. The molecule has 6 rings (SSSR count). The van der Waals surface area contributed by atoms with Crippen molar-refractivity contribution in [1.82, 2.24) is 34.2 Å². The van der Waals surface area contributed by atoms with Crippen LogP contribution < -0.4 is 36.3 Å². The van der Waals surface area contributed by atoms with Crippen molar-refractivity contribution in [3.63, 3.8) is 0 Å². The molecule has 0 radical (unpaired) electrons. The number of halogens is 3. The third kappa shape index (κ3) is 16.6. The fourth-order valence-electron chi connectivity index (χ4n) is 6.99. The molecule has 2 aliphatic rings. The monoisotopic (exact) mass is 1100 g/mol. The second kappa shape index (κ2) is 26.4. The number of hydrogen-bond donors (Lipinski definition) is 7. The zero-order chi connectivity index (χ0) is 55.3. The highest BCUT2D eigenvalue weighted by molar-refractivity contribution is 7.84. The van der Waals surface area contributed by atoms with Crippen molar-refractivity contribution in [2.45, 2.75) is 102 Å². The lowest BCUT2D eigenvalue weighted by atomic mass is 9.98. The van der Waals surface area contributed by atoms with Crippen LogP contribution in [0.4, 0.5) is 20.4 Å². The number of alkyl halides is 2. The van der Waals surface area contributed by atoms with Gasteiger partial charge >= 0.3 is 26.0 Å². The van der Waals surface area contributed by atoms with Gasteiger partial charge in [-0.15, -0.1) is 0 Å². The number of ketones is 2. The van der Waals surface area contributed by atoms with Gasteiger partial charge in [0.05, 0.1) is 31.6 Å². The predicted octanol–water partition coefficient (Wildman–Crippen LogP) is 3.61. The van der Waals surface area contributed by atoms with Crippen LogP contribution in [-0.2, 0) is 32.7 Å². The Morgan fingerprint density at radius 3 is 1.82 bits per heavy atom. The Hall–Kier alpha value is -5.34. The number of para-hydroxylation sites is 2. The van der Waals surface area contributed by atoms with Gasteiger partial charge in [-0.3, -0.25) is 23.2 Å². The van der Waals surface area contributed by atoms with E-state index in [0.717, 1.165) is 23.0 Å². The first-order valence-electron chi connectivity index (χ1n) is 22.6. The van der Waals surface area contributed by atoms with Crippen LogP contribution in [0.15, 0.2) is 99.8 Å². The van der Waals surface area contributed by atoms with Gasteiger partial charge in [-0.25, -0.2) is 42.7 Å². The molecule has 4 aromatic rings. The van der Waals surface area contributed by atoms with Crippen LogP contribution in [0.3, 0.4) is 0 Å². The SMILES string of the molecule is CC(=O)[C@@H](NP(=O)(OC[C@H]1O[C@@H](n2ccc(N)nc2=O)[C@](C)(F)[C@@H]1O)Oc1ccccc1)C(C)C.CN(C)C=Nc1ccn([C@@H]2O[C@H](CO)[C@@H](O)[C@@]2(C)F)c(=O)n1.C[C@H](NP(=O)(Cl)Oc1ccccc1)C(=O)CO. The van der Waals surface area contributed by atoms with Gasteiger partial charge in [0, 0.05) is 37.7 Å². The second-order valence-corrected chi connectivity index (χ2v) is 22.1.